The zero-order valence-corrected chi connectivity index (χ0v) is 10.3. The third kappa shape index (κ3) is 2.46. The van der Waals surface area contributed by atoms with Crippen molar-refractivity contribution in [2.75, 3.05) is 17.2 Å². The van der Waals surface area contributed by atoms with Gasteiger partial charge in [0, 0.05) is 34.9 Å². The fourth-order valence-electron chi connectivity index (χ4n) is 1.69. The van der Waals surface area contributed by atoms with Gasteiger partial charge in [0.15, 0.2) is 0 Å². The Kier molecular flexibility index (Phi) is 3.42. The van der Waals surface area contributed by atoms with Gasteiger partial charge < -0.3 is 10.3 Å². The van der Waals surface area contributed by atoms with Crippen LogP contribution in [0.1, 0.15) is 6.92 Å². The zero-order valence-electron chi connectivity index (χ0n) is 9.52. The third-order valence-electron chi connectivity index (χ3n) is 2.60. The van der Waals surface area contributed by atoms with Crippen LogP contribution in [-0.4, -0.2) is 25.3 Å². The van der Waals surface area contributed by atoms with E-state index in [1.807, 2.05) is 6.92 Å². The van der Waals surface area contributed by atoms with Crippen molar-refractivity contribution in [1.82, 2.24) is 9.55 Å². The van der Waals surface area contributed by atoms with E-state index in [-0.39, 0.29) is 5.82 Å². The lowest BCUT2D eigenvalue weighted by Gasteiger charge is -2.05. The Balaban J connectivity index is 2.33. The van der Waals surface area contributed by atoms with E-state index >= 15 is 0 Å². The maximum Gasteiger partial charge on any atom is 0.201 e. The molecule has 1 atom stereocenters. The van der Waals surface area contributed by atoms with Crippen molar-refractivity contribution in [3.63, 3.8) is 0 Å². The number of aromatic nitrogens is 2. The Morgan fingerprint density at radius 3 is 3.00 bits per heavy atom. The average molecular weight is 255 g/mol. The minimum absolute atomic E-state index is 0.332. The quantitative estimate of drug-likeness (QED) is 0.901. The van der Waals surface area contributed by atoms with Crippen LogP contribution in [0.3, 0.4) is 0 Å². The molecule has 0 radical (unpaired) electrons. The van der Waals surface area contributed by atoms with Crippen LogP contribution in [0.4, 0.5) is 10.3 Å². The van der Waals surface area contributed by atoms with Crippen molar-refractivity contribution in [3.8, 4) is 0 Å². The molecule has 2 rings (SSSR count). The summed E-state index contributed by atoms with van der Waals surface area (Å²) in [6.07, 6.45) is 0. The highest BCUT2D eigenvalue weighted by molar-refractivity contribution is 7.84. The lowest BCUT2D eigenvalue weighted by atomic mass is 10.3. The Bertz CT molecular complexity index is 567. The summed E-state index contributed by atoms with van der Waals surface area (Å²) in [6.45, 7) is 2.41. The van der Waals surface area contributed by atoms with Crippen LogP contribution < -0.4 is 5.73 Å². The standard InChI is InChI=1S/C11H14FN3OS/c1-2-17(16)6-5-15-10-4-3-8(12)7-9(10)14-11(15)13/h3-4,7H,2,5-6H2,1H3,(H2,13,14). The molecule has 6 heteroatoms. The predicted octanol–water partition coefficient (Wildman–Crippen LogP) is 1.53. The van der Waals surface area contributed by atoms with Crippen molar-refractivity contribution in [2.24, 2.45) is 0 Å². The molecule has 1 aromatic carbocycles. The molecule has 1 aromatic heterocycles. The Labute approximate surface area is 101 Å². The van der Waals surface area contributed by atoms with Gasteiger partial charge in [0.2, 0.25) is 5.95 Å². The number of rotatable bonds is 4. The monoisotopic (exact) mass is 255 g/mol. The van der Waals surface area contributed by atoms with Gasteiger partial charge in [-0.25, -0.2) is 9.37 Å². The lowest BCUT2D eigenvalue weighted by Crippen LogP contribution is -2.11. The molecule has 0 saturated heterocycles. The molecule has 4 nitrogen and oxygen atoms in total. The largest absolute Gasteiger partial charge is 0.369 e. The number of nitrogens with zero attached hydrogens (tertiary/aromatic N) is 2. The Hall–Kier alpha value is -1.43. The van der Waals surface area contributed by atoms with Gasteiger partial charge in [-0.1, -0.05) is 6.92 Å². The molecule has 0 aliphatic carbocycles. The second-order valence-corrected chi connectivity index (χ2v) is 5.55. The highest BCUT2D eigenvalue weighted by Crippen LogP contribution is 2.18. The fourth-order valence-corrected chi connectivity index (χ4v) is 2.37. The van der Waals surface area contributed by atoms with Crippen molar-refractivity contribution in [3.05, 3.63) is 24.0 Å². The first kappa shape index (κ1) is 12.0. The van der Waals surface area contributed by atoms with Gasteiger partial charge in [0.25, 0.3) is 0 Å². The summed E-state index contributed by atoms with van der Waals surface area (Å²) in [7, 11) is -0.845. The molecule has 2 N–H and O–H groups in total. The first-order valence-electron chi connectivity index (χ1n) is 5.38. The molecular formula is C11H14FN3OS. The maximum atomic E-state index is 13.0. The number of hydrogen-bond donors (Lipinski definition) is 1. The van der Waals surface area contributed by atoms with E-state index in [9.17, 15) is 8.60 Å². The molecule has 0 aliphatic rings. The molecule has 0 bridgehead atoms. The van der Waals surface area contributed by atoms with Crippen LogP contribution in [0, 0.1) is 5.82 Å². The molecule has 0 amide bonds. The number of fused-ring (bicyclic) bond motifs is 1. The number of aryl methyl sites for hydroxylation is 1. The highest BCUT2D eigenvalue weighted by atomic mass is 32.2. The van der Waals surface area contributed by atoms with Crippen LogP contribution in [0.25, 0.3) is 11.0 Å². The van der Waals surface area contributed by atoms with Crippen LogP contribution in [-0.2, 0) is 17.3 Å². The van der Waals surface area contributed by atoms with Crippen molar-refractivity contribution >= 4 is 27.8 Å². The van der Waals surface area contributed by atoms with E-state index < -0.39 is 10.8 Å². The first-order chi connectivity index (χ1) is 8.11. The third-order valence-corrected chi connectivity index (χ3v) is 3.89. The summed E-state index contributed by atoms with van der Waals surface area (Å²) in [5.41, 5.74) is 7.07. The number of nitrogen functional groups attached to an aromatic ring is 1. The van der Waals surface area contributed by atoms with Crippen molar-refractivity contribution in [1.29, 1.82) is 0 Å². The minimum atomic E-state index is -0.845. The molecule has 0 saturated carbocycles. The van der Waals surface area contributed by atoms with E-state index in [4.69, 9.17) is 5.73 Å². The first-order valence-corrected chi connectivity index (χ1v) is 6.87. The summed E-state index contributed by atoms with van der Waals surface area (Å²) in [4.78, 5) is 4.08. The molecule has 2 aromatic rings. The van der Waals surface area contributed by atoms with E-state index in [1.54, 1.807) is 10.6 Å². The summed E-state index contributed by atoms with van der Waals surface area (Å²) in [5, 5.41) is 0. The summed E-state index contributed by atoms with van der Waals surface area (Å²) in [6, 6.07) is 4.36. The second-order valence-electron chi connectivity index (χ2n) is 3.69. The van der Waals surface area contributed by atoms with E-state index in [2.05, 4.69) is 4.98 Å². The predicted molar refractivity (Wildman–Crippen MR) is 67.7 cm³/mol. The number of benzene rings is 1. The van der Waals surface area contributed by atoms with Crippen LogP contribution >= 0.6 is 0 Å². The number of anilines is 1. The number of nitrogens with two attached hydrogens (primary N) is 1. The smallest absolute Gasteiger partial charge is 0.201 e. The molecular weight excluding hydrogens is 241 g/mol. The molecule has 0 fully saturated rings. The number of hydrogen-bond acceptors (Lipinski definition) is 3. The number of halogens is 1. The lowest BCUT2D eigenvalue weighted by molar-refractivity contribution is 0.629. The molecule has 0 aliphatic heterocycles. The number of imidazole rings is 1. The summed E-state index contributed by atoms with van der Waals surface area (Å²) >= 11 is 0. The van der Waals surface area contributed by atoms with E-state index in [1.165, 1.54) is 12.1 Å². The van der Waals surface area contributed by atoms with Crippen LogP contribution in [0.5, 0.6) is 0 Å². The van der Waals surface area contributed by atoms with Crippen molar-refractivity contribution < 1.29 is 8.60 Å². The van der Waals surface area contributed by atoms with Gasteiger partial charge in [-0.2, -0.15) is 0 Å². The molecule has 92 valence electrons. The van der Waals surface area contributed by atoms with Gasteiger partial charge in [-0.05, 0) is 12.1 Å². The normalized spacial score (nSPS) is 13.1. The SMILES string of the molecule is CCS(=O)CCn1c(N)nc2cc(F)ccc21. The highest BCUT2D eigenvalue weighted by Gasteiger charge is 2.09. The second kappa shape index (κ2) is 4.83. The summed E-state index contributed by atoms with van der Waals surface area (Å²) in [5.74, 6) is 1.16. The van der Waals surface area contributed by atoms with Crippen molar-refractivity contribution in [2.45, 2.75) is 13.5 Å². The molecule has 1 unspecified atom stereocenters. The zero-order chi connectivity index (χ0) is 12.4. The van der Waals surface area contributed by atoms with Gasteiger partial charge in [0.05, 0.1) is 11.0 Å². The van der Waals surface area contributed by atoms with Gasteiger partial charge in [-0.3, -0.25) is 4.21 Å². The fraction of sp³-hybridized carbons (Fsp3) is 0.364. The van der Waals surface area contributed by atoms with Gasteiger partial charge in [0.1, 0.15) is 5.82 Å². The summed E-state index contributed by atoms with van der Waals surface area (Å²) < 4.78 is 26.2. The van der Waals surface area contributed by atoms with Gasteiger partial charge in [-0.15, -0.1) is 0 Å². The molecule has 0 spiro atoms. The molecule has 17 heavy (non-hydrogen) atoms. The minimum Gasteiger partial charge on any atom is -0.369 e. The Morgan fingerprint density at radius 2 is 2.29 bits per heavy atom. The maximum absolute atomic E-state index is 13.0. The Morgan fingerprint density at radius 1 is 1.53 bits per heavy atom. The van der Waals surface area contributed by atoms with Gasteiger partial charge >= 0.3 is 0 Å². The topological polar surface area (TPSA) is 60.9 Å². The van der Waals surface area contributed by atoms with Crippen LogP contribution in [0.15, 0.2) is 18.2 Å². The van der Waals surface area contributed by atoms with E-state index in [0.29, 0.717) is 29.5 Å². The molecule has 1 heterocycles. The van der Waals surface area contributed by atoms with E-state index in [0.717, 1.165) is 5.52 Å². The van der Waals surface area contributed by atoms with Crippen LogP contribution in [0.2, 0.25) is 0 Å². The average Bonchev–Trinajstić information content (AvgIpc) is 2.61.